The van der Waals surface area contributed by atoms with Gasteiger partial charge in [-0.05, 0) is 120 Å². The summed E-state index contributed by atoms with van der Waals surface area (Å²) in [4.78, 5) is 5.22. The molecular weight excluding hydrogens is 701 g/mol. The number of nitrogens with zero attached hydrogens (tertiary/aromatic N) is 2. The largest absolute Gasteiger partial charge is 0.334 e. The molecule has 4 atom stereocenters. The third kappa shape index (κ3) is 5.04. The Labute approximate surface area is 341 Å². The highest BCUT2D eigenvalue weighted by atomic mass is 15.3. The molecule has 4 unspecified atom stereocenters. The molecule has 12 rings (SSSR count). The van der Waals surface area contributed by atoms with Crippen molar-refractivity contribution in [2.45, 2.75) is 44.1 Å². The summed E-state index contributed by atoms with van der Waals surface area (Å²) in [6.07, 6.45) is 41.8. The zero-order valence-electron chi connectivity index (χ0n) is 32.8. The fourth-order valence-electron chi connectivity index (χ4n) is 11.3. The van der Waals surface area contributed by atoms with Crippen LogP contribution in [0.5, 0.6) is 0 Å². The molecule has 2 heteroatoms. The van der Waals surface area contributed by atoms with Gasteiger partial charge >= 0.3 is 0 Å². The van der Waals surface area contributed by atoms with Crippen molar-refractivity contribution >= 4 is 38.6 Å². The Balaban J connectivity index is 0.870. The van der Waals surface area contributed by atoms with Crippen LogP contribution in [0.2, 0.25) is 0 Å². The lowest BCUT2D eigenvalue weighted by Crippen LogP contribution is -2.41. The van der Waals surface area contributed by atoms with Crippen molar-refractivity contribution < 1.29 is 0 Å². The predicted molar refractivity (Wildman–Crippen MR) is 243 cm³/mol. The van der Waals surface area contributed by atoms with Crippen molar-refractivity contribution in [2.75, 3.05) is 9.80 Å². The Morgan fingerprint density at radius 3 is 2.29 bits per heavy atom. The number of anilines is 3. The first-order valence-corrected chi connectivity index (χ1v) is 21.2. The Kier molecular flexibility index (Phi) is 7.45. The van der Waals surface area contributed by atoms with Crippen LogP contribution in [0.1, 0.15) is 37.7 Å². The zero-order valence-corrected chi connectivity index (χ0v) is 32.8. The van der Waals surface area contributed by atoms with Crippen LogP contribution in [0.3, 0.4) is 0 Å². The summed E-state index contributed by atoms with van der Waals surface area (Å²) < 4.78 is 0. The van der Waals surface area contributed by atoms with Gasteiger partial charge in [-0.2, -0.15) is 0 Å². The highest BCUT2D eigenvalue weighted by molar-refractivity contribution is 6.14. The van der Waals surface area contributed by atoms with Gasteiger partial charge in [0.15, 0.2) is 0 Å². The van der Waals surface area contributed by atoms with E-state index in [-0.39, 0.29) is 16.4 Å². The summed E-state index contributed by atoms with van der Waals surface area (Å²) in [5, 5.41) is 5.08. The molecule has 0 radical (unpaired) electrons. The Morgan fingerprint density at radius 2 is 1.43 bits per heavy atom. The van der Waals surface area contributed by atoms with Crippen molar-refractivity contribution in [3.8, 4) is 0 Å². The smallest absolute Gasteiger partial charge is 0.0546 e. The number of para-hydroxylation sites is 1. The summed E-state index contributed by atoms with van der Waals surface area (Å²) in [7, 11) is 0. The summed E-state index contributed by atoms with van der Waals surface area (Å²) in [5.41, 5.74) is 12.5. The van der Waals surface area contributed by atoms with E-state index < -0.39 is 0 Å². The summed E-state index contributed by atoms with van der Waals surface area (Å²) >= 11 is 0. The molecule has 0 aliphatic heterocycles. The standard InChI is InChI=1S/C56H46N2/c1-2-5-19-45(18-4-1)57(52-36-42-16-8-9-22-48(42)49-23-10-11-24-50(49)52)46-28-26-40(27-29-46)34-41-30-33-56(38-44(56)35-41)58(47-20-6-3-7-21-47)53-37-43-17-12-14-31-54(43)39-55(54)32-15-13-25-51(53)55/h1,3-29,31-32,35-37,44H,2,30,33-34,38-39H2. The minimum atomic E-state index is 0.0645. The molecule has 58 heavy (non-hydrogen) atoms. The zero-order chi connectivity index (χ0) is 38.3. The number of allylic oxidation sites excluding steroid dienone is 17. The number of rotatable bonds is 8. The van der Waals surface area contributed by atoms with E-state index >= 15 is 0 Å². The van der Waals surface area contributed by atoms with E-state index in [0.29, 0.717) is 5.92 Å². The van der Waals surface area contributed by atoms with Gasteiger partial charge in [-0.1, -0.05) is 157 Å². The quantitative estimate of drug-likeness (QED) is 0.115. The van der Waals surface area contributed by atoms with Crippen molar-refractivity contribution in [1.29, 1.82) is 0 Å². The number of hydrogen-bond acceptors (Lipinski definition) is 2. The van der Waals surface area contributed by atoms with E-state index in [1.807, 2.05) is 0 Å². The Bertz CT molecular complexity index is 2850. The molecule has 5 aromatic carbocycles. The Morgan fingerprint density at radius 1 is 0.655 bits per heavy atom. The van der Waals surface area contributed by atoms with Crippen LogP contribution in [0, 0.1) is 16.7 Å². The lowest BCUT2D eigenvalue weighted by Gasteiger charge is -2.43. The summed E-state index contributed by atoms with van der Waals surface area (Å²) in [6.45, 7) is 0. The third-order valence-electron chi connectivity index (χ3n) is 14.3. The van der Waals surface area contributed by atoms with Crippen molar-refractivity contribution in [3.63, 3.8) is 0 Å². The second-order valence-electron chi connectivity index (χ2n) is 17.4. The molecule has 2 nitrogen and oxygen atoms in total. The fraction of sp³-hybridized carbons (Fsp3) is 0.179. The van der Waals surface area contributed by atoms with E-state index in [2.05, 4.69) is 210 Å². The molecule has 7 aliphatic carbocycles. The van der Waals surface area contributed by atoms with Crippen LogP contribution in [0.25, 0.3) is 21.5 Å². The molecule has 5 aromatic rings. The minimum Gasteiger partial charge on any atom is -0.334 e. The molecule has 0 N–H and O–H groups in total. The van der Waals surface area contributed by atoms with Crippen molar-refractivity contribution in [1.82, 2.24) is 0 Å². The second-order valence-corrected chi connectivity index (χ2v) is 17.4. The van der Waals surface area contributed by atoms with Crippen LogP contribution in [0.15, 0.2) is 228 Å². The summed E-state index contributed by atoms with van der Waals surface area (Å²) in [5.74, 6) is 0.535. The topological polar surface area (TPSA) is 6.48 Å². The number of hydrogen-bond donors (Lipinski definition) is 0. The molecule has 2 saturated carbocycles. The van der Waals surface area contributed by atoms with Gasteiger partial charge in [0, 0.05) is 44.9 Å². The maximum Gasteiger partial charge on any atom is 0.0546 e. The van der Waals surface area contributed by atoms with E-state index in [1.165, 1.54) is 79.6 Å². The van der Waals surface area contributed by atoms with Crippen LogP contribution in [-0.4, -0.2) is 5.54 Å². The maximum absolute atomic E-state index is 2.78. The molecule has 0 heterocycles. The van der Waals surface area contributed by atoms with Gasteiger partial charge in [0.2, 0.25) is 0 Å². The normalized spacial score (nSPS) is 26.9. The number of benzene rings is 5. The first-order chi connectivity index (χ1) is 28.7. The molecule has 0 aromatic heterocycles. The van der Waals surface area contributed by atoms with Gasteiger partial charge in [0.05, 0.1) is 11.2 Å². The van der Waals surface area contributed by atoms with Crippen LogP contribution < -0.4 is 9.80 Å². The van der Waals surface area contributed by atoms with Gasteiger partial charge in [-0.15, -0.1) is 0 Å². The monoisotopic (exact) mass is 746 g/mol. The van der Waals surface area contributed by atoms with Gasteiger partial charge in [-0.3, -0.25) is 0 Å². The molecule has 7 aliphatic rings. The second kappa shape index (κ2) is 12.8. The van der Waals surface area contributed by atoms with Crippen molar-refractivity contribution in [3.05, 3.63) is 234 Å². The van der Waals surface area contributed by atoms with Gasteiger partial charge in [0.25, 0.3) is 0 Å². The van der Waals surface area contributed by atoms with E-state index in [9.17, 15) is 0 Å². The molecule has 0 saturated heterocycles. The highest BCUT2D eigenvalue weighted by Crippen LogP contribution is 2.77. The lowest BCUT2D eigenvalue weighted by atomic mass is 9.72. The first kappa shape index (κ1) is 33.7. The average molecular weight is 747 g/mol. The maximum atomic E-state index is 2.78. The summed E-state index contributed by atoms with van der Waals surface area (Å²) in [6, 6.07) is 40.7. The van der Waals surface area contributed by atoms with E-state index in [0.717, 1.165) is 25.7 Å². The molecule has 2 spiro atoms. The third-order valence-corrected chi connectivity index (χ3v) is 14.3. The highest BCUT2D eigenvalue weighted by Gasteiger charge is 2.70. The van der Waals surface area contributed by atoms with Crippen LogP contribution in [-0.2, 0) is 6.42 Å². The van der Waals surface area contributed by atoms with Gasteiger partial charge in [-0.25, -0.2) is 0 Å². The fourth-order valence-corrected chi connectivity index (χ4v) is 11.3. The lowest BCUT2D eigenvalue weighted by molar-refractivity contribution is 0.517. The van der Waals surface area contributed by atoms with Gasteiger partial charge in [0.1, 0.15) is 0 Å². The average Bonchev–Trinajstić information content (AvgIpc) is 4.18. The predicted octanol–water partition coefficient (Wildman–Crippen LogP) is 13.9. The Hall–Kier alpha value is -6.38. The van der Waals surface area contributed by atoms with Crippen LogP contribution in [0.4, 0.5) is 17.1 Å². The van der Waals surface area contributed by atoms with E-state index in [4.69, 9.17) is 0 Å². The molecular formula is C56H46N2. The van der Waals surface area contributed by atoms with Crippen LogP contribution >= 0.6 is 0 Å². The number of fused-ring (bicyclic) bond motifs is 4. The van der Waals surface area contributed by atoms with Crippen molar-refractivity contribution in [2.24, 2.45) is 16.7 Å². The first-order valence-electron chi connectivity index (χ1n) is 21.2. The SMILES string of the molecule is C1=CCC=CC(N(c2ccc(CC3=CC4CC4(N(C4=C5C=CC=CC56CC65C=CC=CC5=C4)c4ccccc4)CC3)cc2)c2cc3ccccc3c3ccccc23)=C1. The van der Waals surface area contributed by atoms with Gasteiger partial charge < -0.3 is 9.80 Å². The molecule has 2 fully saturated rings. The molecule has 280 valence electrons. The molecule has 0 bridgehead atoms. The molecule has 0 amide bonds. The minimum absolute atomic E-state index is 0.0645. The van der Waals surface area contributed by atoms with E-state index in [1.54, 1.807) is 5.57 Å².